The molecule has 0 spiro atoms. The van der Waals surface area contributed by atoms with E-state index in [9.17, 15) is 26.4 Å². The van der Waals surface area contributed by atoms with Crippen molar-refractivity contribution in [2.75, 3.05) is 13.1 Å². The van der Waals surface area contributed by atoms with Gasteiger partial charge in [0.1, 0.15) is 4.90 Å². The monoisotopic (exact) mass is 401 g/mol. The lowest BCUT2D eigenvalue weighted by Crippen LogP contribution is -2.30. The Morgan fingerprint density at radius 1 is 1.00 bits per heavy atom. The lowest BCUT2D eigenvalue weighted by molar-refractivity contribution is -0.138. The van der Waals surface area contributed by atoms with Crippen LogP contribution >= 0.6 is 0 Å². The number of alkyl halides is 3. The summed E-state index contributed by atoms with van der Waals surface area (Å²) >= 11 is 0. The first-order chi connectivity index (χ1) is 12.6. The van der Waals surface area contributed by atoms with Gasteiger partial charge in [0.05, 0.1) is 5.56 Å². The number of amides is 1. The Labute approximate surface area is 155 Å². The first-order valence-electron chi connectivity index (χ1n) is 8.10. The van der Waals surface area contributed by atoms with Crippen LogP contribution in [-0.4, -0.2) is 32.3 Å². The van der Waals surface area contributed by atoms with Crippen LogP contribution < -0.4 is 4.18 Å². The summed E-state index contributed by atoms with van der Waals surface area (Å²) < 4.78 is 68.3. The fraction of sp³-hybridized carbons (Fsp3) is 0.278. The van der Waals surface area contributed by atoms with Crippen LogP contribution in [-0.2, 0) is 16.3 Å². The number of hydrogen-bond acceptors (Lipinski definition) is 4. The molecule has 0 radical (unpaired) electrons. The van der Waals surface area contributed by atoms with Crippen LogP contribution in [0.15, 0.2) is 53.4 Å². The highest BCUT2D eigenvalue weighted by Gasteiger charge is 2.35. The first-order valence-corrected chi connectivity index (χ1v) is 9.51. The third kappa shape index (κ3) is 4.79. The van der Waals surface area contributed by atoms with Gasteiger partial charge in [-0.3, -0.25) is 4.79 Å². The molecule has 0 bridgehead atoms. The average Bonchev–Trinajstić information content (AvgIpc) is 2.62. The van der Waals surface area contributed by atoms with Crippen LogP contribution in [0.2, 0.25) is 0 Å². The Morgan fingerprint density at radius 3 is 2.07 bits per heavy atom. The quantitative estimate of drug-likeness (QED) is 0.688. The molecule has 0 heterocycles. The number of carbonyl (C=O) groups excluding carboxylic acids is 1. The SMILES string of the molecule is CCN(CC)C(=O)c1ccc(S(=O)(=O)Oc2ccccc2C(F)(F)F)cc1. The molecule has 0 fully saturated rings. The zero-order valence-corrected chi connectivity index (χ0v) is 15.5. The molecule has 146 valence electrons. The van der Waals surface area contributed by atoms with Gasteiger partial charge in [-0.2, -0.15) is 21.6 Å². The van der Waals surface area contributed by atoms with Crippen LogP contribution in [0.5, 0.6) is 5.75 Å². The molecular formula is C18H18F3NO4S. The molecule has 0 saturated carbocycles. The van der Waals surface area contributed by atoms with Gasteiger partial charge in [0.25, 0.3) is 5.91 Å². The maximum absolute atomic E-state index is 13.0. The van der Waals surface area contributed by atoms with E-state index in [0.29, 0.717) is 13.1 Å². The maximum Gasteiger partial charge on any atom is 0.420 e. The number of nitrogens with zero attached hydrogens (tertiary/aromatic N) is 1. The zero-order valence-electron chi connectivity index (χ0n) is 14.7. The Kier molecular flexibility index (Phi) is 6.15. The van der Waals surface area contributed by atoms with E-state index in [1.807, 2.05) is 13.8 Å². The van der Waals surface area contributed by atoms with Gasteiger partial charge in [-0.1, -0.05) is 12.1 Å². The summed E-state index contributed by atoms with van der Waals surface area (Å²) in [6, 6.07) is 8.89. The van der Waals surface area contributed by atoms with E-state index in [1.54, 1.807) is 4.90 Å². The minimum atomic E-state index is -4.76. The number of rotatable bonds is 6. The molecule has 0 unspecified atom stereocenters. The van der Waals surface area contributed by atoms with E-state index in [4.69, 9.17) is 4.18 Å². The van der Waals surface area contributed by atoms with Crippen LogP contribution in [0, 0.1) is 0 Å². The Balaban J connectivity index is 2.30. The third-order valence-electron chi connectivity index (χ3n) is 3.83. The topological polar surface area (TPSA) is 63.7 Å². The summed E-state index contributed by atoms with van der Waals surface area (Å²) in [6.45, 7) is 4.61. The smallest absolute Gasteiger partial charge is 0.378 e. The molecule has 9 heteroatoms. The minimum absolute atomic E-state index is 0.271. The van der Waals surface area contributed by atoms with Crippen molar-refractivity contribution >= 4 is 16.0 Å². The highest BCUT2D eigenvalue weighted by molar-refractivity contribution is 7.87. The minimum Gasteiger partial charge on any atom is -0.378 e. The summed E-state index contributed by atoms with van der Waals surface area (Å²) in [5, 5.41) is 0. The van der Waals surface area contributed by atoms with Crippen molar-refractivity contribution in [2.45, 2.75) is 24.9 Å². The standard InChI is InChI=1S/C18H18F3NO4S/c1-3-22(4-2)17(23)13-9-11-14(12-10-13)27(24,25)26-16-8-6-5-7-15(16)18(19,20)21/h5-12H,3-4H2,1-2H3. The molecule has 0 aromatic heterocycles. The average molecular weight is 401 g/mol. The van der Waals surface area contributed by atoms with Crippen LogP contribution in [0.1, 0.15) is 29.8 Å². The van der Waals surface area contributed by atoms with E-state index in [2.05, 4.69) is 0 Å². The summed E-state index contributed by atoms with van der Waals surface area (Å²) in [5.74, 6) is -1.08. The van der Waals surface area contributed by atoms with Gasteiger partial charge in [-0.05, 0) is 50.2 Å². The summed E-state index contributed by atoms with van der Waals surface area (Å²) in [4.78, 5) is 13.4. The third-order valence-corrected chi connectivity index (χ3v) is 5.08. The number of para-hydroxylation sites is 1. The van der Waals surface area contributed by atoms with Crippen molar-refractivity contribution in [1.82, 2.24) is 4.90 Å². The fourth-order valence-electron chi connectivity index (χ4n) is 2.40. The maximum atomic E-state index is 13.0. The Bertz CT molecular complexity index is 905. The first kappa shape index (κ1) is 20.8. The molecule has 2 aromatic carbocycles. The predicted molar refractivity (Wildman–Crippen MR) is 93.0 cm³/mol. The van der Waals surface area contributed by atoms with E-state index in [-0.39, 0.29) is 16.4 Å². The van der Waals surface area contributed by atoms with Crippen molar-refractivity contribution < 1.29 is 30.6 Å². The largest absolute Gasteiger partial charge is 0.420 e. The molecule has 2 aromatic rings. The number of halogens is 3. The second-order valence-electron chi connectivity index (χ2n) is 5.53. The molecule has 0 aliphatic carbocycles. The fourth-order valence-corrected chi connectivity index (χ4v) is 3.34. The molecule has 0 aliphatic heterocycles. The molecule has 1 amide bonds. The predicted octanol–water partition coefficient (Wildman–Crippen LogP) is 3.96. The van der Waals surface area contributed by atoms with Gasteiger partial charge in [-0.25, -0.2) is 0 Å². The van der Waals surface area contributed by atoms with E-state index in [0.717, 1.165) is 30.3 Å². The van der Waals surface area contributed by atoms with Crippen molar-refractivity contribution in [3.05, 3.63) is 59.7 Å². The van der Waals surface area contributed by atoms with E-state index >= 15 is 0 Å². The Morgan fingerprint density at radius 2 is 1.56 bits per heavy atom. The molecule has 27 heavy (non-hydrogen) atoms. The lowest BCUT2D eigenvalue weighted by atomic mass is 10.2. The molecule has 0 N–H and O–H groups in total. The molecular weight excluding hydrogens is 383 g/mol. The molecule has 0 saturated heterocycles. The van der Waals surface area contributed by atoms with Gasteiger partial charge < -0.3 is 9.08 Å². The summed E-state index contributed by atoms with van der Waals surface area (Å²) in [6.07, 6.45) is -4.76. The van der Waals surface area contributed by atoms with Gasteiger partial charge in [0, 0.05) is 18.7 Å². The number of hydrogen-bond donors (Lipinski definition) is 0. The molecule has 0 atom stereocenters. The van der Waals surface area contributed by atoms with Gasteiger partial charge in [0.2, 0.25) is 0 Å². The highest BCUT2D eigenvalue weighted by atomic mass is 32.2. The summed E-state index contributed by atoms with van der Waals surface area (Å²) in [5.41, 5.74) is -0.921. The van der Waals surface area contributed by atoms with Crippen LogP contribution in [0.3, 0.4) is 0 Å². The van der Waals surface area contributed by atoms with Gasteiger partial charge >= 0.3 is 16.3 Å². The number of carbonyl (C=O) groups is 1. The molecule has 0 aliphatic rings. The van der Waals surface area contributed by atoms with Crippen LogP contribution in [0.25, 0.3) is 0 Å². The lowest BCUT2D eigenvalue weighted by Gasteiger charge is -2.18. The van der Waals surface area contributed by atoms with Crippen molar-refractivity contribution in [3.63, 3.8) is 0 Å². The normalized spacial score (nSPS) is 11.9. The zero-order chi connectivity index (χ0) is 20.2. The molecule has 2 rings (SSSR count). The highest BCUT2D eigenvalue weighted by Crippen LogP contribution is 2.37. The van der Waals surface area contributed by atoms with E-state index in [1.165, 1.54) is 18.2 Å². The van der Waals surface area contributed by atoms with Crippen LogP contribution in [0.4, 0.5) is 13.2 Å². The number of benzene rings is 2. The van der Waals surface area contributed by atoms with Gasteiger partial charge in [0.15, 0.2) is 5.75 Å². The van der Waals surface area contributed by atoms with Crippen molar-refractivity contribution in [3.8, 4) is 5.75 Å². The Hall–Kier alpha value is -2.55. The molecule has 5 nitrogen and oxygen atoms in total. The van der Waals surface area contributed by atoms with E-state index < -0.39 is 27.6 Å². The summed E-state index contributed by atoms with van der Waals surface area (Å²) in [7, 11) is -4.49. The van der Waals surface area contributed by atoms with Crippen molar-refractivity contribution in [2.24, 2.45) is 0 Å². The second kappa shape index (κ2) is 7.99. The second-order valence-corrected chi connectivity index (χ2v) is 7.08. The van der Waals surface area contributed by atoms with Crippen molar-refractivity contribution in [1.29, 1.82) is 0 Å². The van der Waals surface area contributed by atoms with Gasteiger partial charge in [-0.15, -0.1) is 0 Å².